The highest BCUT2D eigenvalue weighted by Gasteiger charge is 2.14. The minimum atomic E-state index is -0.420. The third-order valence-corrected chi connectivity index (χ3v) is 4.19. The van der Waals surface area contributed by atoms with E-state index in [2.05, 4.69) is 24.3 Å². The highest BCUT2D eigenvalue weighted by molar-refractivity contribution is 5.92. The molecule has 0 unspecified atom stereocenters. The van der Waals surface area contributed by atoms with Gasteiger partial charge in [0.25, 0.3) is 5.91 Å². The lowest BCUT2D eigenvalue weighted by Crippen LogP contribution is -2.25. The molecule has 142 valence electrons. The van der Waals surface area contributed by atoms with Crippen LogP contribution in [0.5, 0.6) is 5.75 Å². The Morgan fingerprint density at radius 2 is 2.15 bits per heavy atom. The Balaban J connectivity index is 1.95. The van der Waals surface area contributed by atoms with Gasteiger partial charge in [-0.25, -0.2) is 4.39 Å². The van der Waals surface area contributed by atoms with E-state index < -0.39 is 5.82 Å². The minimum Gasteiger partial charge on any atom is -0.491 e. The molecule has 5 nitrogen and oxygen atoms in total. The molecule has 0 spiro atoms. The van der Waals surface area contributed by atoms with E-state index in [1.165, 1.54) is 0 Å². The zero-order valence-electron chi connectivity index (χ0n) is 16.0. The van der Waals surface area contributed by atoms with Crippen LogP contribution in [0.15, 0.2) is 24.3 Å². The highest BCUT2D eigenvalue weighted by atomic mass is 19.1. The molecule has 1 amide bonds. The number of amides is 1. The van der Waals surface area contributed by atoms with Crippen LogP contribution in [0.3, 0.4) is 0 Å². The zero-order chi connectivity index (χ0) is 19.1. The van der Waals surface area contributed by atoms with Gasteiger partial charge in [-0.05, 0) is 37.3 Å². The van der Waals surface area contributed by atoms with Crippen LogP contribution < -0.4 is 10.1 Å². The number of halogens is 1. The molecular weight excluding hydrogens is 333 g/mol. The van der Waals surface area contributed by atoms with Crippen molar-refractivity contribution in [1.29, 1.82) is 0 Å². The smallest absolute Gasteiger partial charge is 0.269 e. The number of benzene rings is 1. The van der Waals surface area contributed by atoms with Crippen molar-refractivity contribution in [2.45, 2.75) is 46.6 Å². The lowest BCUT2D eigenvalue weighted by molar-refractivity contribution is 0.0941. The van der Waals surface area contributed by atoms with Gasteiger partial charge in [0, 0.05) is 19.2 Å². The summed E-state index contributed by atoms with van der Waals surface area (Å²) in [6, 6.07) is 6.75. The highest BCUT2D eigenvalue weighted by Crippen LogP contribution is 2.21. The number of nitrogens with one attached hydrogen (secondary N) is 1. The van der Waals surface area contributed by atoms with E-state index >= 15 is 0 Å². The van der Waals surface area contributed by atoms with Crippen molar-refractivity contribution < 1.29 is 13.9 Å². The van der Waals surface area contributed by atoms with Gasteiger partial charge in [-0.3, -0.25) is 9.48 Å². The average Bonchev–Trinajstić information content (AvgIpc) is 2.99. The summed E-state index contributed by atoms with van der Waals surface area (Å²) in [5.74, 6) is 0.137. The van der Waals surface area contributed by atoms with Crippen molar-refractivity contribution in [2.24, 2.45) is 13.0 Å². The molecule has 0 fully saturated rings. The molecule has 6 heteroatoms. The first-order valence-corrected chi connectivity index (χ1v) is 9.13. The van der Waals surface area contributed by atoms with Crippen molar-refractivity contribution >= 4 is 5.91 Å². The number of rotatable bonds is 9. The summed E-state index contributed by atoms with van der Waals surface area (Å²) in [5, 5.41) is 7.00. The molecule has 26 heavy (non-hydrogen) atoms. The van der Waals surface area contributed by atoms with Gasteiger partial charge in [-0.15, -0.1) is 0 Å². The summed E-state index contributed by atoms with van der Waals surface area (Å²) in [7, 11) is 1.72. The number of hydrogen-bond acceptors (Lipinski definition) is 3. The van der Waals surface area contributed by atoms with Crippen LogP contribution in [0.4, 0.5) is 4.39 Å². The van der Waals surface area contributed by atoms with Gasteiger partial charge in [0.15, 0.2) is 11.6 Å². The monoisotopic (exact) mass is 361 g/mol. The van der Waals surface area contributed by atoms with Crippen LogP contribution in [-0.4, -0.2) is 22.3 Å². The number of carbonyl (C=O) groups excluding carboxylic acids is 1. The van der Waals surface area contributed by atoms with E-state index in [9.17, 15) is 9.18 Å². The lowest BCUT2D eigenvalue weighted by Gasteiger charge is -2.11. The fourth-order valence-electron chi connectivity index (χ4n) is 2.66. The van der Waals surface area contributed by atoms with Crippen LogP contribution in [0.25, 0.3) is 0 Å². The van der Waals surface area contributed by atoms with Crippen molar-refractivity contribution in [1.82, 2.24) is 15.1 Å². The first-order chi connectivity index (χ1) is 12.4. The van der Waals surface area contributed by atoms with E-state index in [0.29, 0.717) is 23.8 Å². The van der Waals surface area contributed by atoms with E-state index in [0.717, 1.165) is 25.0 Å². The normalized spacial score (nSPS) is 11.0. The van der Waals surface area contributed by atoms with Crippen LogP contribution in [0.2, 0.25) is 0 Å². The summed E-state index contributed by atoms with van der Waals surface area (Å²) < 4.78 is 21.7. The predicted molar refractivity (Wildman–Crippen MR) is 99.7 cm³/mol. The van der Waals surface area contributed by atoms with Crippen LogP contribution in [0, 0.1) is 11.7 Å². The van der Waals surface area contributed by atoms with Crippen LogP contribution >= 0.6 is 0 Å². The maximum Gasteiger partial charge on any atom is 0.269 e. The van der Waals surface area contributed by atoms with Gasteiger partial charge in [0.2, 0.25) is 0 Å². The summed E-state index contributed by atoms with van der Waals surface area (Å²) in [6.45, 7) is 6.86. The molecule has 1 N–H and O–H groups in total. The van der Waals surface area contributed by atoms with Gasteiger partial charge in [-0.1, -0.05) is 32.9 Å². The lowest BCUT2D eigenvalue weighted by atomic mass is 10.1. The molecule has 0 atom stereocenters. The molecule has 1 aromatic heterocycles. The molecule has 1 heterocycles. The van der Waals surface area contributed by atoms with E-state index in [4.69, 9.17) is 4.74 Å². The Kier molecular flexibility index (Phi) is 7.18. The molecule has 0 aliphatic heterocycles. The van der Waals surface area contributed by atoms with Crippen LogP contribution in [0.1, 0.15) is 55.4 Å². The number of hydrogen-bond donors (Lipinski definition) is 1. The molecular formula is C20H28FN3O2. The molecule has 1 aromatic carbocycles. The second kappa shape index (κ2) is 9.36. The standard InChI is InChI=1S/C20H28FN3O2/c1-5-16-12-17(24(4)23-16)20(25)22-13-15-9-6-10-18(19(15)21)26-11-7-8-14(2)3/h6,9-10,12,14H,5,7-8,11,13H2,1-4H3,(H,22,25). The Morgan fingerprint density at radius 1 is 1.38 bits per heavy atom. The molecule has 2 aromatic rings. The van der Waals surface area contributed by atoms with Crippen molar-refractivity contribution in [3.8, 4) is 5.75 Å². The number of aryl methyl sites for hydroxylation is 2. The SMILES string of the molecule is CCc1cc(C(=O)NCc2cccc(OCCCC(C)C)c2F)n(C)n1. The van der Waals surface area contributed by atoms with Gasteiger partial charge >= 0.3 is 0 Å². The van der Waals surface area contributed by atoms with Crippen molar-refractivity contribution in [3.05, 3.63) is 47.0 Å². The summed E-state index contributed by atoms with van der Waals surface area (Å²) in [6.07, 6.45) is 2.69. The second-order valence-electron chi connectivity index (χ2n) is 6.79. The average molecular weight is 361 g/mol. The van der Waals surface area contributed by atoms with E-state index in [-0.39, 0.29) is 18.2 Å². The first-order valence-electron chi connectivity index (χ1n) is 9.13. The predicted octanol–water partition coefficient (Wildman–Crippen LogP) is 3.87. The molecule has 0 saturated heterocycles. The topological polar surface area (TPSA) is 56.1 Å². The Labute approximate surface area is 154 Å². The number of ether oxygens (including phenoxy) is 1. The Morgan fingerprint density at radius 3 is 2.81 bits per heavy atom. The maximum atomic E-state index is 14.6. The van der Waals surface area contributed by atoms with Gasteiger partial charge in [0.05, 0.1) is 12.3 Å². The molecule has 0 bridgehead atoms. The summed E-state index contributed by atoms with van der Waals surface area (Å²) in [4.78, 5) is 12.3. The number of carbonyl (C=O) groups is 1. The van der Waals surface area contributed by atoms with Gasteiger partial charge in [0.1, 0.15) is 5.69 Å². The Hall–Kier alpha value is -2.37. The van der Waals surface area contributed by atoms with Gasteiger partial charge in [-0.2, -0.15) is 5.10 Å². The number of nitrogens with zero attached hydrogens (tertiary/aromatic N) is 2. The zero-order valence-corrected chi connectivity index (χ0v) is 16.0. The van der Waals surface area contributed by atoms with Crippen LogP contribution in [-0.2, 0) is 20.0 Å². The number of aromatic nitrogens is 2. The fourth-order valence-corrected chi connectivity index (χ4v) is 2.66. The summed E-state index contributed by atoms with van der Waals surface area (Å²) in [5.41, 5.74) is 1.71. The molecule has 2 rings (SSSR count). The molecule has 0 aliphatic rings. The molecule has 0 aliphatic carbocycles. The first kappa shape index (κ1) is 19.9. The second-order valence-corrected chi connectivity index (χ2v) is 6.79. The summed E-state index contributed by atoms with van der Waals surface area (Å²) >= 11 is 0. The molecule has 0 radical (unpaired) electrons. The minimum absolute atomic E-state index is 0.0977. The maximum absolute atomic E-state index is 14.6. The quantitative estimate of drug-likeness (QED) is 0.690. The molecule has 0 saturated carbocycles. The van der Waals surface area contributed by atoms with Gasteiger partial charge < -0.3 is 10.1 Å². The largest absolute Gasteiger partial charge is 0.491 e. The third-order valence-electron chi connectivity index (χ3n) is 4.19. The van der Waals surface area contributed by atoms with E-state index in [1.807, 2.05) is 6.92 Å². The Bertz CT molecular complexity index is 741. The third kappa shape index (κ3) is 5.31. The van der Waals surface area contributed by atoms with E-state index in [1.54, 1.807) is 36.0 Å². The van der Waals surface area contributed by atoms with Crippen molar-refractivity contribution in [3.63, 3.8) is 0 Å². The van der Waals surface area contributed by atoms with Crippen molar-refractivity contribution in [2.75, 3.05) is 6.61 Å². The fraction of sp³-hybridized carbons (Fsp3) is 0.500.